The molecule has 5 heteroatoms. The second-order valence-electron chi connectivity index (χ2n) is 5.28. The molecule has 0 saturated heterocycles. The summed E-state index contributed by atoms with van der Waals surface area (Å²) in [6.45, 7) is 2.19. The molecule has 1 fully saturated rings. The number of thioether (sulfide) groups is 1. The molecule has 1 aliphatic rings. The van der Waals surface area contributed by atoms with E-state index >= 15 is 0 Å². The predicted octanol–water partition coefficient (Wildman–Crippen LogP) is 4.44. The molecular formula is C15H20F3NS. The molecule has 0 spiro atoms. The van der Waals surface area contributed by atoms with Crippen molar-refractivity contribution >= 4 is 11.8 Å². The van der Waals surface area contributed by atoms with Gasteiger partial charge in [0.05, 0.1) is 5.75 Å². The number of hydrogen-bond acceptors (Lipinski definition) is 2. The van der Waals surface area contributed by atoms with Gasteiger partial charge >= 0.3 is 6.18 Å². The molecule has 3 atom stereocenters. The Labute approximate surface area is 122 Å². The zero-order chi connectivity index (χ0) is 14.8. The average molecular weight is 303 g/mol. The Hall–Kier alpha value is -0.680. The van der Waals surface area contributed by atoms with Crippen molar-refractivity contribution in [2.75, 3.05) is 12.8 Å². The van der Waals surface area contributed by atoms with E-state index in [2.05, 4.69) is 12.2 Å². The zero-order valence-electron chi connectivity index (χ0n) is 11.7. The highest BCUT2D eigenvalue weighted by atomic mass is 32.2. The van der Waals surface area contributed by atoms with E-state index in [4.69, 9.17) is 0 Å². The van der Waals surface area contributed by atoms with Gasteiger partial charge < -0.3 is 5.32 Å². The Balaban J connectivity index is 1.95. The number of nitrogens with one attached hydrogen (secondary N) is 1. The summed E-state index contributed by atoms with van der Waals surface area (Å²) < 4.78 is 36.5. The number of alkyl halides is 3. The molecule has 20 heavy (non-hydrogen) atoms. The van der Waals surface area contributed by atoms with E-state index in [1.54, 1.807) is 0 Å². The van der Waals surface area contributed by atoms with E-state index in [0.29, 0.717) is 22.8 Å². The summed E-state index contributed by atoms with van der Waals surface area (Å²) in [6, 6.07) is 8.16. The summed E-state index contributed by atoms with van der Waals surface area (Å²) in [4.78, 5) is 0.684. The molecule has 3 unspecified atom stereocenters. The van der Waals surface area contributed by atoms with Crippen molar-refractivity contribution in [3.05, 3.63) is 29.8 Å². The normalized spacial score (nSPS) is 26.4. The largest absolute Gasteiger partial charge is 0.398 e. The zero-order valence-corrected chi connectivity index (χ0v) is 12.5. The van der Waals surface area contributed by atoms with Gasteiger partial charge in [0.25, 0.3) is 0 Å². The van der Waals surface area contributed by atoms with Crippen molar-refractivity contribution < 1.29 is 13.2 Å². The molecule has 1 aliphatic carbocycles. The third-order valence-corrected chi connectivity index (χ3v) is 5.17. The fourth-order valence-electron chi connectivity index (χ4n) is 2.97. The highest BCUT2D eigenvalue weighted by Crippen LogP contribution is 2.44. The van der Waals surface area contributed by atoms with Gasteiger partial charge in [-0.15, -0.1) is 11.8 Å². The molecule has 2 rings (SSSR count). The molecule has 1 saturated carbocycles. The summed E-state index contributed by atoms with van der Waals surface area (Å²) >= 11 is 0.848. The molecule has 1 N–H and O–H groups in total. The first kappa shape index (κ1) is 15.7. The molecule has 0 heterocycles. The van der Waals surface area contributed by atoms with Gasteiger partial charge in [-0.2, -0.15) is 13.2 Å². The lowest BCUT2D eigenvalue weighted by atomic mass is 9.65. The maximum absolute atomic E-state index is 12.2. The Morgan fingerprint density at radius 2 is 1.90 bits per heavy atom. The minimum atomic E-state index is -4.11. The van der Waals surface area contributed by atoms with Crippen LogP contribution in [0.2, 0.25) is 0 Å². The molecule has 112 valence electrons. The molecule has 1 aromatic rings. The lowest BCUT2D eigenvalue weighted by molar-refractivity contribution is -0.105. The highest BCUT2D eigenvalue weighted by molar-refractivity contribution is 7.99. The second-order valence-corrected chi connectivity index (χ2v) is 6.33. The van der Waals surface area contributed by atoms with Crippen molar-refractivity contribution in [1.29, 1.82) is 0 Å². The van der Waals surface area contributed by atoms with Crippen LogP contribution >= 0.6 is 11.8 Å². The van der Waals surface area contributed by atoms with Crippen LogP contribution in [0.1, 0.15) is 31.2 Å². The van der Waals surface area contributed by atoms with Crippen LogP contribution in [0, 0.1) is 5.92 Å². The molecule has 1 aromatic carbocycles. The van der Waals surface area contributed by atoms with Gasteiger partial charge in [-0.1, -0.05) is 25.5 Å². The van der Waals surface area contributed by atoms with Crippen LogP contribution in [0.4, 0.5) is 13.2 Å². The van der Waals surface area contributed by atoms with Gasteiger partial charge in [0.1, 0.15) is 0 Å². The van der Waals surface area contributed by atoms with Crippen LogP contribution in [0.25, 0.3) is 0 Å². The van der Waals surface area contributed by atoms with E-state index in [1.807, 2.05) is 31.3 Å². The quantitative estimate of drug-likeness (QED) is 0.807. The summed E-state index contributed by atoms with van der Waals surface area (Å²) in [5, 5.41) is 3.32. The van der Waals surface area contributed by atoms with Gasteiger partial charge in [0.2, 0.25) is 0 Å². The maximum atomic E-state index is 12.2. The van der Waals surface area contributed by atoms with Crippen LogP contribution in [0.15, 0.2) is 29.2 Å². The van der Waals surface area contributed by atoms with E-state index in [9.17, 15) is 13.2 Å². The van der Waals surface area contributed by atoms with E-state index in [1.165, 1.54) is 5.56 Å². The number of rotatable bonds is 5. The highest BCUT2D eigenvalue weighted by Gasteiger charge is 2.39. The van der Waals surface area contributed by atoms with Gasteiger partial charge in [0, 0.05) is 10.9 Å². The van der Waals surface area contributed by atoms with Crippen LogP contribution in [0.5, 0.6) is 0 Å². The predicted molar refractivity (Wildman–Crippen MR) is 77.2 cm³/mol. The third kappa shape index (κ3) is 3.70. The summed E-state index contributed by atoms with van der Waals surface area (Å²) in [5.74, 6) is 0.350. The minimum absolute atomic E-state index is 0.541. The third-order valence-electron chi connectivity index (χ3n) is 4.09. The SMILES string of the molecule is CCC1C(NC)CC1c1ccc(SCC(F)(F)F)cc1. The smallest absolute Gasteiger partial charge is 0.317 e. The van der Waals surface area contributed by atoms with E-state index in [-0.39, 0.29) is 0 Å². The first-order valence-electron chi connectivity index (χ1n) is 6.91. The monoisotopic (exact) mass is 303 g/mol. The van der Waals surface area contributed by atoms with Crippen molar-refractivity contribution in [2.24, 2.45) is 5.92 Å². The van der Waals surface area contributed by atoms with Crippen LogP contribution in [-0.2, 0) is 0 Å². The fraction of sp³-hybridized carbons (Fsp3) is 0.600. The van der Waals surface area contributed by atoms with E-state index in [0.717, 1.165) is 24.6 Å². The van der Waals surface area contributed by atoms with Crippen molar-refractivity contribution in [3.63, 3.8) is 0 Å². The van der Waals surface area contributed by atoms with Crippen LogP contribution in [-0.4, -0.2) is 25.0 Å². The van der Waals surface area contributed by atoms with Gasteiger partial charge in [-0.3, -0.25) is 0 Å². The minimum Gasteiger partial charge on any atom is -0.317 e. The van der Waals surface area contributed by atoms with Gasteiger partial charge in [-0.25, -0.2) is 0 Å². The second kappa shape index (κ2) is 6.39. The average Bonchev–Trinajstić information content (AvgIpc) is 2.37. The first-order chi connectivity index (χ1) is 9.44. The first-order valence-corrected chi connectivity index (χ1v) is 7.90. The molecule has 0 radical (unpaired) electrons. The Bertz CT molecular complexity index is 430. The topological polar surface area (TPSA) is 12.0 Å². The molecule has 0 amide bonds. The van der Waals surface area contributed by atoms with E-state index < -0.39 is 11.9 Å². The van der Waals surface area contributed by atoms with Crippen molar-refractivity contribution in [3.8, 4) is 0 Å². The summed E-state index contributed by atoms with van der Waals surface area (Å²) in [5.41, 5.74) is 1.25. The Morgan fingerprint density at radius 1 is 1.25 bits per heavy atom. The van der Waals surface area contributed by atoms with Gasteiger partial charge in [-0.05, 0) is 43.0 Å². The molecule has 0 aliphatic heterocycles. The molecule has 1 nitrogen and oxygen atoms in total. The fourth-order valence-corrected chi connectivity index (χ4v) is 3.63. The van der Waals surface area contributed by atoms with Gasteiger partial charge in [0.15, 0.2) is 0 Å². The molecular weight excluding hydrogens is 283 g/mol. The lowest BCUT2D eigenvalue weighted by Crippen LogP contribution is -2.47. The maximum Gasteiger partial charge on any atom is 0.398 e. The summed E-state index contributed by atoms with van der Waals surface area (Å²) in [6.07, 6.45) is -1.87. The van der Waals surface area contributed by atoms with Crippen LogP contribution in [0.3, 0.4) is 0 Å². The molecule has 0 aromatic heterocycles. The van der Waals surface area contributed by atoms with Crippen LogP contribution < -0.4 is 5.32 Å². The number of halogens is 3. The Morgan fingerprint density at radius 3 is 2.40 bits per heavy atom. The standard InChI is InChI=1S/C15H20F3NS/c1-3-12-13(8-14(12)19-2)10-4-6-11(7-5-10)20-9-15(16,17)18/h4-7,12-14,19H,3,8-9H2,1-2H3. The van der Waals surface area contributed by atoms with Crippen molar-refractivity contribution in [1.82, 2.24) is 5.32 Å². The lowest BCUT2D eigenvalue weighted by Gasteiger charge is -2.45. The number of benzene rings is 1. The number of hydrogen-bond donors (Lipinski definition) is 1. The van der Waals surface area contributed by atoms with Crippen molar-refractivity contribution in [2.45, 2.75) is 42.8 Å². The Kier molecular flexibility index (Phi) is 5.02. The summed E-state index contributed by atoms with van der Waals surface area (Å²) in [7, 11) is 1.99. The molecule has 0 bridgehead atoms.